The van der Waals surface area contributed by atoms with E-state index >= 15 is 0 Å². The molecule has 3 heterocycles. The van der Waals surface area contributed by atoms with Crippen molar-refractivity contribution in [1.29, 1.82) is 0 Å². The average Bonchev–Trinajstić information content (AvgIpc) is 3.57. The third-order valence-electron chi connectivity index (χ3n) is 6.80. The van der Waals surface area contributed by atoms with E-state index in [2.05, 4.69) is 9.89 Å². The Kier molecular flexibility index (Phi) is 7.96. The van der Waals surface area contributed by atoms with Crippen LogP contribution in [0.25, 0.3) is 23.0 Å². The van der Waals surface area contributed by atoms with Crippen molar-refractivity contribution in [3.05, 3.63) is 106 Å². The Balaban J connectivity index is 1.26. The van der Waals surface area contributed by atoms with Gasteiger partial charge in [0, 0.05) is 35.4 Å². The molecule has 0 aliphatic carbocycles. The van der Waals surface area contributed by atoms with Crippen LogP contribution in [-0.4, -0.2) is 51.1 Å². The zero-order valence-electron chi connectivity index (χ0n) is 22.7. The van der Waals surface area contributed by atoms with Gasteiger partial charge in [0.1, 0.15) is 12.4 Å². The topological polar surface area (TPSA) is 69.0 Å². The van der Waals surface area contributed by atoms with Crippen LogP contribution in [0.4, 0.5) is 0 Å². The first kappa shape index (κ1) is 27.3. The van der Waals surface area contributed by atoms with Gasteiger partial charge in [-0.2, -0.15) is 10.1 Å². The van der Waals surface area contributed by atoms with Crippen molar-refractivity contribution in [3.8, 4) is 22.7 Å². The maximum Gasteiger partial charge on any atom is 0.286 e. The Labute approximate surface area is 248 Å². The number of aliphatic imine (C=N–C) groups is 1. The largest absolute Gasteiger partial charge is 0.489 e. The molecule has 3 aromatic carbocycles. The zero-order chi connectivity index (χ0) is 28.3. The molecule has 9 heteroatoms. The second-order valence-corrected chi connectivity index (χ2v) is 11.6. The van der Waals surface area contributed by atoms with Gasteiger partial charge in [-0.05, 0) is 85.8 Å². The maximum atomic E-state index is 13.0. The summed E-state index contributed by atoms with van der Waals surface area (Å²) in [5.41, 5.74) is 4.48. The first-order valence-corrected chi connectivity index (χ1v) is 14.7. The monoisotopic (exact) mass is 584 g/mol. The van der Waals surface area contributed by atoms with Crippen molar-refractivity contribution in [2.24, 2.45) is 4.99 Å². The lowest BCUT2D eigenvalue weighted by Gasteiger charge is -2.35. The molecule has 2 aliphatic heterocycles. The maximum absolute atomic E-state index is 13.0. The number of aromatic nitrogens is 2. The van der Waals surface area contributed by atoms with Crippen LogP contribution in [0.5, 0.6) is 5.75 Å². The fourth-order valence-electron chi connectivity index (χ4n) is 4.90. The number of hydrogen-bond donors (Lipinski definition) is 0. The average molecular weight is 585 g/mol. The van der Waals surface area contributed by atoms with E-state index in [1.165, 1.54) is 11.8 Å². The van der Waals surface area contributed by atoms with Crippen molar-refractivity contribution in [2.75, 3.05) is 13.1 Å². The number of carbonyl (C=O) groups is 1. The molecule has 1 aromatic heterocycles. The number of ether oxygens (including phenoxy) is 2. The SMILES string of the molecule is CC1CN(C2=NC(=O)C(=Cc3cn(-c4ccccc4)nc3-c3ccc(OCc4ccc(Cl)cc4)cc3)S2)CC(C)O1. The first-order chi connectivity index (χ1) is 19.9. The van der Waals surface area contributed by atoms with E-state index in [4.69, 9.17) is 26.2 Å². The first-order valence-electron chi connectivity index (χ1n) is 13.5. The zero-order valence-corrected chi connectivity index (χ0v) is 24.3. The third-order valence-corrected chi connectivity index (χ3v) is 8.09. The summed E-state index contributed by atoms with van der Waals surface area (Å²) in [5.74, 6) is 0.515. The minimum absolute atomic E-state index is 0.0824. The predicted molar refractivity (Wildman–Crippen MR) is 164 cm³/mol. The van der Waals surface area contributed by atoms with Gasteiger partial charge in [0.15, 0.2) is 5.17 Å². The van der Waals surface area contributed by atoms with Gasteiger partial charge in [-0.3, -0.25) is 4.79 Å². The van der Waals surface area contributed by atoms with Gasteiger partial charge in [-0.1, -0.05) is 41.9 Å². The minimum atomic E-state index is -0.235. The van der Waals surface area contributed by atoms with Gasteiger partial charge in [0.05, 0.1) is 28.5 Å². The molecule has 1 saturated heterocycles. The van der Waals surface area contributed by atoms with Crippen LogP contribution < -0.4 is 4.74 Å². The summed E-state index contributed by atoms with van der Waals surface area (Å²) >= 11 is 7.39. The molecule has 2 unspecified atom stereocenters. The summed E-state index contributed by atoms with van der Waals surface area (Å²) in [7, 11) is 0. The van der Waals surface area contributed by atoms with Crippen LogP contribution in [0.3, 0.4) is 0 Å². The second-order valence-electron chi connectivity index (χ2n) is 10.1. The number of carbonyl (C=O) groups excluding carboxylic acids is 1. The Morgan fingerprint density at radius 1 is 1.00 bits per heavy atom. The number of amides is 1. The highest BCUT2D eigenvalue weighted by atomic mass is 35.5. The molecule has 0 bridgehead atoms. The normalized spacial score (nSPS) is 20.0. The van der Waals surface area contributed by atoms with E-state index in [9.17, 15) is 4.79 Å². The van der Waals surface area contributed by atoms with Crippen LogP contribution in [-0.2, 0) is 16.1 Å². The number of benzene rings is 3. The standard InChI is InChI=1S/C32H29ClN4O3S/c1-21-17-36(18-22(2)40-21)32-34-31(38)29(41-32)16-25-19-37(27-6-4-3-5-7-27)35-30(25)24-10-14-28(15-11-24)39-20-23-8-12-26(33)13-9-23/h3-16,19,21-22H,17-18,20H2,1-2H3. The smallest absolute Gasteiger partial charge is 0.286 e. The van der Waals surface area contributed by atoms with Gasteiger partial charge in [-0.15, -0.1) is 0 Å². The second kappa shape index (κ2) is 11.9. The van der Waals surface area contributed by atoms with Crippen molar-refractivity contribution < 1.29 is 14.3 Å². The van der Waals surface area contributed by atoms with E-state index < -0.39 is 0 Å². The number of rotatable bonds is 6. The van der Waals surface area contributed by atoms with Gasteiger partial charge in [0.2, 0.25) is 0 Å². The Bertz CT molecular complexity index is 1590. The molecule has 0 spiro atoms. The Morgan fingerprint density at radius 2 is 1.71 bits per heavy atom. The minimum Gasteiger partial charge on any atom is -0.489 e. The van der Waals surface area contributed by atoms with Gasteiger partial charge >= 0.3 is 0 Å². The summed E-state index contributed by atoms with van der Waals surface area (Å²) in [6.07, 6.45) is 4.01. The van der Waals surface area contributed by atoms with Crippen molar-refractivity contribution >= 4 is 40.5 Å². The molecule has 2 aliphatic rings. The van der Waals surface area contributed by atoms with Crippen LogP contribution in [0.15, 0.2) is 95.0 Å². The van der Waals surface area contributed by atoms with E-state index in [0.29, 0.717) is 29.6 Å². The molecule has 6 rings (SSSR count). The molecule has 41 heavy (non-hydrogen) atoms. The molecule has 2 atom stereocenters. The quantitative estimate of drug-likeness (QED) is 0.231. The Morgan fingerprint density at radius 3 is 2.41 bits per heavy atom. The van der Waals surface area contributed by atoms with Crippen molar-refractivity contribution in [3.63, 3.8) is 0 Å². The molecule has 1 amide bonds. The highest BCUT2D eigenvalue weighted by Crippen LogP contribution is 2.34. The van der Waals surface area contributed by atoms with Crippen LogP contribution in [0, 0.1) is 0 Å². The number of amidine groups is 1. The summed E-state index contributed by atoms with van der Waals surface area (Å²) in [4.78, 5) is 20.1. The molecular weight excluding hydrogens is 556 g/mol. The molecule has 1 fully saturated rings. The molecule has 0 N–H and O–H groups in total. The molecule has 0 radical (unpaired) electrons. The van der Waals surface area contributed by atoms with Crippen molar-refractivity contribution in [2.45, 2.75) is 32.7 Å². The summed E-state index contributed by atoms with van der Waals surface area (Å²) in [5, 5.41) is 6.34. The molecule has 7 nitrogen and oxygen atoms in total. The van der Waals surface area contributed by atoms with E-state index in [1.807, 2.05) is 110 Å². The third kappa shape index (κ3) is 6.40. The van der Waals surface area contributed by atoms with Crippen LogP contribution in [0.1, 0.15) is 25.0 Å². The van der Waals surface area contributed by atoms with Crippen LogP contribution in [0.2, 0.25) is 5.02 Å². The highest BCUT2D eigenvalue weighted by Gasteiger charge is 2.31. The van der Waals surface area contributed by atoms with E-state index in [1.54, 1.807) is 0 Å². The number of hydrogen-bond acceptors (Lipinski definition) is 6. The molecule has 4 aromatic rings. The van der Waals surface area contributed by atoms with Gasteiger partial charge in [0.25, 0.3) is 5.91 Å². The summed E-state index contributed by atoms with van der Waals surface area (Å²) < 4.78 is 13.7. The molecular formula is C32H29ClN4O3S. The van der Waals surface area contributed by atoms with Gasteiger partial charge in [-0.25, -0.2) is 4.68 Å². The number of morpholine rings is 1. The fourth-order valence-corrected chi connectivity index (χ4v) is 5.94. The lowest BCUT2D eigenvalue weighted by atomic mass is 10.1. The number of nitrogens with zero attached hydrogens (tertiary/aromatic N) is 4. The lowest BCUT2D eigenvalue weighted by Crippen LogP contribution is -2.47. The Hall–Kier alpha value is -3.85. The molecule has 0 saturated carbocycles. The summed E-state index contributed by atoms with van der Waals surface area (Å²) in [6.45, 7) is 5.94. The number of halogens is 1. The lowest BCUT2D eigenvalue weighted by molar-refractivity contribution is -0.113. The van der Waals surface area contributed by atoms with Crippen molar-refractivity contribution in [1.82, 2.24) is 14.7 Å². The molecule has 208 valence electrons. The summed E-state index contributed by atoms with van der Waals surface area (Å²) in [6, 6.07) is 25.4. The number of thioether (sulfide) groups is 1. The predicted octanol–water partition coefficient (Wildman–Crippen LogP) is 6.85. The van der Waals surface area contributed by atoms with E-state index in [-0.39, 0.29) is 18.1 Å². The van der Waals surface area contributed by atoms with E-state index in [0.717, 1.165) is 39.0 Å². The van der Waals surface area contributed by atoms with Crippen LogP contribution >= 0.6 is 23.4 Å². The number of para-hydroxylation sites is 1. The highest BCUT2D eigenvalue weighted by molar-refractivity contribution is 8.18. The fraction of sp³-hybridized carbons (Fsp3) is 0.219. The van der Waals surface area contributed by atoms with Gasteiger partial charge < -0.3 is 14.4 Å².